The first-order chi connectivity index (χ1) is 7.47. The van der Waals surface area contributed by atoms with Gasteiger partial charge in [-0.05, 0) is 12.8 Å². The van der Waals surface area contributed by atoms with Crippen LogP contribution >= 0.6 is 0 Å². The van der Waals surface area contributed by atoms with Gasteiger partial charge in [-0.25, -0.2) is 9.97 Å². The number of hydrogen-bond acceptors (Lipinski definition) is 4. The van der Waals surface area contributed by atoms with Crippen LogP contribution in [0.5, 0.6) is 0 Å². The number of nitrogens with zero attached hydrogens (tertiary/aromatic N) is 3. The van der Waals surface area contributed by atoms with E-state index >= 15 is 0 Å². The normalized spacial score (nSPS) is 16.2. The van der Waals surface area contributed by atoms with Crippen LogP contribution in [0.2, 0.25) is 0 Å². The second kappa shape index (κ2) is 3.80. The smallest absolute Gasteiger partial charge is 0.394 e. The van der Waals surface area contributed by atoms with E-state index in [1.54, 1.807) is 0 Å². The van der Waals surface area contributed by atoms with Gasteiger partial charge in [0.25, 0.3) is 0 Å². The molecule has 1 fully saturated rings. The predicted molar refractivity (Wildman–Crippen MR) is 52.9 cm³/mol. The molecule has 0 atom stereocenters. The van der Waals surface area contributed by atoms with Crippen molar-refractivity contribution in [3.8, 4) is 0 Å². The Labute approximate surface area is 90.3 Å². The van der Waals surface area contributed by atoms with Crippen molar-refractivity contribution in [2.24, 2.45) is 0 Å². The fourth-order valence-electron chi connectivity index (χ4n) is 1.53. The van der Waals surface area contributed by atoms with Crippen molar-refractivity contribution in [2.45, 2.75) is 25.1 Å². The maximum absolute atomic E-state index is 12.4. The van der Waals surface area contributed by atoms with E-state index < -0.39 is 12.7 Å². The Morgan fingerprint density at radius 1 is 1.44 bits per heavy atom. The van der Waals surface area contributed by atoms with Gasteiger partial charge in [-0.15, -0.1) is 0 Å². The van der Waals surface area contributed by atoms with Gasteiger partial charge in [-0.2, -0.15) is 13.2 Å². The first kappa shape index (κ1) is 11.0. The van der Waals surface area contributed by atoms with Crippen molar-refractivity contribution in [1.82, 2.24) is 9.97 Å². The summed E-state index contributed by atoms with van der Waals surface area (Å²) in [4.78, 5) is 8.68. The van der Waals surface area contributed by atoms with Gasteiger partial charge in [0, 0.05) is 6.04 Å². The van der Waals surface area contributed by atoms with Crippen LogP contribution in [-0.4, -0.2) is 28.7 Å². The maximum Gasteiger partial charge on any atom is 0.405 e. The average molecular weight is 232 g/mol. The molecule has 1 aromatic rings. The molecule has 1 aliphatic carbocycles. The van der Waals surface area contributed by atoms with Crippen molar-refractivity contribution >= 4 is 11.5 Å². The molecular formula is C9H11F3N4. The highest BCUT2D eigenvalue weighted by Gasteiger charge is 2.39. The van der Waals surface area contributed by atoms with Gasteiger partial charge >= 0.3 is 6.18 Å². The summed E-state index contributed by atoms with van der Waals surface area (Å²) >= 11 is 0. The lowest BCUT2D eigenvalue weighted by molar-refractivity contribution is -0.120. The van der Waals surface area contributed by atoms with Gasteiger partial charge in [0.05, 0.1) is 11.9 Å². The summed E-state index contributed by atoms with van der Waals surface area (Å²) in [5, 5.41) is 0. The molecule has 4 nitrogen and oxygen atoms in total. The van der Waals surface area contributed by atoms with E-state index in [0.717, 1.165) is 12.8 Å². The van der Waals surface area contributed by atoms with E-state index in [9.17, 15) is 13.2 Å². The Kier molecular flexibility index (Phi) is 2.61. The number of hydrogen-bond donors (Lipinski definition) is 1. The molecule has 1 heterocycles. The Hall–Kier alpha value is -1.53. The lowest BCUT2D eigenvalue weighted by atomic mass is 10.4. The van der Waals surface area contributed by atoms with Crippen LogP contribution in [0.4, 0.5) is 24.7 Å². The topological polar surface area (TPSA) is 55.0 Å². The number of halogens is 3. The molecule has 1 aliphatic rings. The van der Waals surface area contributed by atoms with Gasteiger partial charge in [0.15, 0.2) is 5.82 Å². The van der Waals surface area contributed by atoms with Crippen LogP contribution in [0.25, 0.3) is 0 Å². The third-order valence-corrected chi connectivity index (χ3v) is 2.33. The molecule has 0 spiro atoms. The molecule has 1 aromatic heterocycles. The Bertz CT molecular complexity index is 375. The zero-order chi connectivity index (χ0) is 11.8. The Morgan fingerprint density at radius 2 is 2.12 bits per heavy atom. The highest BCUT2D eigenvalue weighted by Crippen LogP contribution is 2.35. The molecule has 16 heavy (non-hydrogen) atoms. The first-order valence-electron chi connectivity index (χ1n) is 4.86. The molecule has 88 valence electrons. The second-order valence-corrected chi connectivity index (χ2v) is 3.78. The van der Waals surface area contributed by atoms with Gasteiger partial charge in [0.1, 0.15) is 12.9 Å². The van der Waals surface area contributed by atoms with Crippen LogP contribution < -0.4 is 10.6 Å². The molecular weight excluding hydrogens is 221 g/mol. The fraction of sp³-hybridized carbons (Fsp3) is 0.556. The molecule has 0 aromatic carbocycles. The van der Waals surface area contributed by atoms with E-state index in [0.29, 0.717) is 0 Å². The molecule has 2 rings (SSSR count). The van der Waals surface area contributed by atoms with Crippen molar-refractivity contribution in [3.63, 3.8) is 0 Å². The fourth-order valence-corrected chi connectivity index (χ4v) is 1.53. The number of anilines is 2. The molecule has 0 unspecified atom stereocenters. The minimum Gasteiger partial charge on any atom is -0.394 e. The standard InChI is InChI=1S/C9H11F3N4/c10-9(11,12)4-16(6-1-2-6)8-7(13)3-14-5-15-8/h3,5-6H,1-2,4,13H2. The summed E-state index contributed by atoms with van der Waals surface area (Å²) in [6.45, 7) is -1.02. The van der Waals surface area contributed by atoms with E-state index in [2.05, 4.69) is 9.97 Å². The zero-order valence-electron chi connectivity index (χ0n) is 8.41. The quantitative estimate of drug-likeness (QED) is 0.859. The number of alkyl halides is 3. The third-order valence-electron chi connectivity index (χ3n) is 2.33. The minimum absolute atomic E-state index is 0.0983. The lowest BCUT2D eigenvalue weighted by Gasteiger charge is -2.25. The Balaban J connectivity index is 2.23. The van der Waals surface area contributed by atoms with Crippen molar-refractivity contribution in [2.75, 3.05) is 17.2 Å². The maximum atomic E-state index is 12.4. The van der Waals surface area contributed by atoms with Crippen LogP contribution in [0.3, 0.4) is 0 Å². The zero-order valence-corrected chi connectivity index (χ0v) is 8.41. The summed E-state index contributed by atoms with van der Waals surface area (Å²) in [5.74, 6) is 0.176. The van der Waals surface area contributed by atoms with Gasteiger partial charge in [-0.3, -0.25) is 0 Å². The molecule has 0 aliphatic heterocycles. The average Bonchev–Trinajstić information content (AvgIpc) is 2.97. The molecule has 0 bridgehead atoms. The highest BCUT2D eigenvalue weighted by molar-refractivity contribution is 5.62. The van der Waals surface area contributed by atoms with Crippen molar-refractivity contribution in [1.29, 1.82) is 0 Å². The number of aromatic nitrogens is 2. The minimum atomic E-state index is -4.25. The molecule has 0 radical (unpaired) electrons. The summed E-state index contributed by atoms with van der Waals surface area (Å²) in [7, 11) is 0. The van der Waals surface area contributed by atoms with E-state index in [1.165, 1.54) is 17.4 Å². The van der Waals surface area contributed by atoms with Crippen molar-refractivity contribution in [3.05, 3.63) is 12.5 Å². The summed E-state index contributed by atoms with van der Waals surface area (Å²) < 4.78 is 37.2. The highest BCUT2D eigenvalue weighted by atomic mass is 19.4. The molecule has 1 saturated carbocycles. The SMILES string of the molecule is Nc1cncnc1N(CC(F)(F)F)C1CC1. The molecule has 0 saturated heterocycles. The van der Waals surface area contributed by atoms with Crippen LogP contribution in [0.15, 0.2) is 12.5 Å². The molecule has 0 amide bonds. The predicted octanol–water partition coefficient (Wildman–Crippen LogP) is 1.59. The lowest BCUT2D eigenvalue weighted by Crippen LogP contribution is -2.37. The van der Waals surface area contributed by atoms with Gasteiger partial charge < -0.3 is 10.6 Å². The number of nitrogens with two attached hydrogens (primary N) is 1. The molecule has 2 N–H and O–H groups in total. The second-order valence-electron chi connectivity index (χ2n) is 3.78. The van der Waals surface area contributed by atoms with Crippen LogP contribution in [0.1, 0.15) is 12.8 Å². The summed E-state index contributed by atoms with van der Waals surface area (Å²) in [5.41, 5.74) is 5.75. The van der Waals surface area contributed by atoms with E-state index in [4.69, 9.17) is 5.73 Å². The summed E-state index contributed by atoms with van der Waals surface area (Å²) in [6.07, 6.45) is -0.232. The number of rotatable bonds is 3. The Morgan fingerprint density at radius 3 is 2.62 bits per heavy atom. The van der Waals surface area contributed by atoms with Gasteiger partial charge in [0.2, 0.25) is 0 Å². The number of nitrogen functional groups attached to an aromatic ring is 1. The van der Waals surface area contributed by atoms with E-state index in [1.807, 2.05) is 0 Å². The van der Waals surface area contributed by atoms with Crippen LogP contribution in [-0.2, 0) is 0 Å². The first-order valence-corrected chi connectivity index (χ1v) is 4.86. The van der Waals surface area contributed by atoms with Crippen LogP contribution in [0, 0.1) is 0 Å². The van der Waals surface area contributed by atoms with Gasteiger partial charge in [-0.1, -0.05) is 0 Å². The third kappa shape index (κ3) is 2.53. The largest absolute Gasteiger partial charge is 0.405 e. The summed E-state index contributed by atoms with van der Waals surface area (Å²) in [6, 6.07) is -0.0983. The van der Waals surface area contributed by atoms with Crippen molar-refractivity contribution < 1.29 is 13.2 Å². The monoisotopic (exact) mass is 232 g/mol. The van der Waals surface area contributed by atoms with E-state index in [-0.39, 0.29) is 17.5 Å². The molecule has 7 heteroatoms.